The summed E-state index contributed by atoms with van der Waals surface area (Å²) in [6.45, 7) is 2.30. The molecule has 0 radical (unpaired) electrons. The maximum absolute atomic E-state index is 2.48. The van der Waals surface area contributed by atoms with E-state index in [-0.39, 0.29) is 0 Å². The Morgan fingerprint density at radius 2 is 0.797 bits per heavy atom. The smallest absolute Gasteiger partial charge is 0.0544 e. The van der Waals surface area contributed by atoms with Gasteiger partial charge in [-0.25, -0.2) is 0 Å². The molecule has 0 fully saturated rings. The van der Waals surface area contributed by atoms with Crippen molar-refractivity contribution in [1.82, 2.24) is 4.57 Å². The molecule has 0 amide bonds. The van der Waals surface area contributed by atoms with E-state index in [1.165, 1.54) is 88.7 Å². The maximum Gasteiger partial charge on any atom is 0.0544 e. The van der Waals surface area contributed by atoms with Crippen molar-refractivity contribution >= 4 is 44.6 Å². The van der Waals surface area contributed by atoms with Crippen molar-refractivity contribution in [1.29, 1.82) is 0 Å². The van der Waals surface area contributed by atoms with Gasteiger partial charge in [-0.2, -0.15) is 0 Å². The van der Waals surface area contributed by atoms with Crippen LogP contribution < -0.4 is 4.90 Å². The van der Waals surface area contributed by atoms with Crippen LogP contribution in [0.15, 0.2) is 267 Å². The van der Waals surface area contributed by atoms with Gasteiger partial charge in [-0.05, 0) is 146 Å². The molecule has 0 saturated carbocycles. The number of benzene rings is 10. The fourth-order valence-electron chi connectivity index (χ4n) is 10.3. The first-order valence-corrected chi connectivity index (χ1v) is 24.0. The molecule has 1 aliphatic rings. The summed E-state index contributed by atoms with van der Waals surface area (Å²) in [5.41, 5.74) is 21.5. The standard InChI is InChI=1S/C67H50N2/c1-47-15-10-25-61(43-47)69-65-29-9-8-27-64(65)67-63(28-14-30-66(67)69)58-24-12-22-56(45-58)57-23-13-26-62(46-57)68(59-39-35-52(36-40-59)51-33-31-50(32-34-51)48-16-4-2-5-17-48)60-41-37-53(38-42-60)55-21-11-20-54(44-55)49-18-6-3-7-19-49/h2-42,44-47H,43H2,1H3. The lowest BCUT2D eigenvalue weighted by atomic mass is 9.95. The number of aromatic nitrogens is 1. The summed E-state index contributed by atoms with van der Waals surface area (Å²) in [7, 11) is 0. The minimum Gasteiger partial charge on any atom is -0.313 e. The Hall–Kier alpha value is -8.72. The quantitative estimate of drug-likeness (QED) is 0.133. The zero-order valence-corrected chi connectivity index (χ0v) is 38.6. The van der Waals surface area contributed by atoms with Gasteiger partial charge in [0.2, 0.25) is 0 Å². The lowest BCUT2D eigenvalue weighted by Crippen LogP contribution is -2.10. The number of hydrogen-bond donors (Lipinski definition) is 0. The second-order valence-electron chi connectivity index (χ2n) is 18.2. The van der Waals surface area contributed by atoms with Gasteiger partial charge >= 0.3 is 0 Å². The van der Waals surface area contributed by atoms with Crippen molar-refractivity contribution in [3.05, 3.63) is 267 Å². The van der Waals surface area contributed by atoms with Crippen LogP contribution in [-0.4, -0.2) is 4.57 Å². The van der Waals surface area contributed by atoms with Crippen molar-refractivity contribution in [3.63, 3.8) is 0 Å². The molecule has 1 heterocycles. The highest BCUT2D eigenvalue weighted by atomic mass is 15.1. The summed E-state index contributed by atoms with van der Waals surface area (Å²) in [5.74, 6) is 0.498. The highest BCUT2D eigenvalue weighted by molar-refractivity contribution is 6.16. The minimum absolute atomic E-state index is 0.498. The molecule has 1 unspecified atom stereocenters. The third-order valence-corrected chi connectivity index (χ3v) is 13.7. The number of fused-ring (bicyclic) bond motifs is 3. The van der Waals surface area contributed by atoms with Crippen LogP contribution in [0, 0.1) is 5.92 Å². The third-order valence-electron chi connectivity index (χ3n) is 13.7. The zero-order valence-electron chi connectivity index (χ0n) is 38.6. The SMILES string of the molecule is CC1C=CC=C(n2c3ccccc3c3c(-c4cccc(-c5cccc(N(c6ccc(-c7ccc(-c8ccccc8)cc7)cc6)c6ccc(-c7cccc(-c8ccccc8)c7)cc6)c5)c4)cccc32)C1. The lowest BCUT2D eigenvalue weighted by Gasteiger charge is -2.26. The van der Waals surface area contributed by atoms with Gasteiger partial charge in [0.1, 0.15) is 0 Å². The fraction of sp³-hybridized carbons (Fsp3) is 0.0448. The van der Waals surface area contributed by atoms with Gasteiger partial charge in [-0.1, -0.05) is 207 Å². The first-order valence-electron chi connectivity index (χ1n) is 24.0. The Labute approximate surface area is 405 Å². The minimum atomic E-state index is 0.498. The number of nitrogens with zero attached hydrogens (tertiary/aromatic N) is 2. The maximum atomic E-state index is 2.48. The summed E-state index contributed by atoms with van der Waals surface area (Å²) in [6.07, 6.45) is 7.81. The Balaban J connectivity index is 0.919. The molecule has 69 heavy (non-hydrogen) atoms. The van der Waals surface area contributed by atoms with Crippen LogP contribution in [-0.2, 0) is 0 Å². The van der Waals surface area contributed by atoms with Crippen molar-refractivity contribution in [2.24, 2.45) is 5.92 Å². The largest absolute Gasteiger partial charge is 0.313 e. The summed E-state index contributed by atoms with van der Waals surface area (Å²) < 4.78 is 2.48. The van der Waals surface area contributed by atoms with Gasteiger partial charge < -0.3 is 9.47 Å². The lowest BCUT2D eigenvalue weighted by molar-refractivity contribution is 0.730. The Morgan fingerprint density at radius 3 is 1.42 bits per heavy atom. The third kappa shape index (κ3) is 8.17. The molecular weight excluding hydrogens is 833 g/mol. The van der Waals surface area contributed by atoms with E-state index in [4.69, 9.17) is 0 Å². The molecule has 11 aromatic rings. The molecule has 10 aromatic carbocycles. The van der Waals surface area contributed by atoms with Gasteiger partial charge in [-0.3, -0.25) is 0 Å². The van der Waals surface area contributed by atoms with Crippen LogP contribution in [0.5, 0.6) is 0 Å². The molecule has 0 N–H and O–H groups in total. The van der Waals surface area contributed by atoms with Gasteiger partial charge in [0.25, 0.3) is 0 Å². The molecule has 2 nitrogen and oxygen atoms in total. The molecule has 1 aromatic heterocycles. The second-order valence-corrected chi connectivity index (χ2v) is 18.2. The molecular formula is C67H50N2. The molecule has 0 aliphatic heterocycles. The first-order chi connectivity index (χ1) is 34.1. The molecule has 1 aliphatic carbocycles. The van der Waals surface area contributed by atoms with E-state index in [1.54, 1.807) is 0 Å². The Bertz CT molecular complexity index is 3670. The second kappa shape index (κ2) is 18.2. The van der Waals surface area contributed by atoms with Gasteiger partial charge in [0, 0.05) is 33.5 Å². The number of rotatable bonds is 10. The summed E-state index contributed by atoms with van der Waals surface area (Å²) in [6, 6.07) is 90.6. The van der Waals surface area contributed by atoms with Crippen LogP contribution >= 0.6 is 0 Å². The predicted molar refractivity (Wildman–Crippen MR) is 294 cm³/mol. The van der Waals surface area contributed by atoms with Crippen LogP contribution in [0.3, 0.4) is 0 Å². The van der Waals surface area contributed by atoms with Crippen molar-refractivity contribution in [2.45, 2.75) is 13.3 Å². The zero-order chi connectivity index (χ0) is 46.1. The molecule has 1 atom stereocenters. The number of hydrogen-bond acceptors (Lipinski definition) is 1. The van der Waals surface area contributed by atoms with Gasteiger partial charge in [-0.15, -0.1) is 0 Å². The highest BCUT2D eigenvalue weighted by Crippen LogP contribution is 2.43. The van der Waals surface area contributed by atoms with Crippen LogP contribution in [0.25, 0.3) is 94.3 Å². The average molecular weight is 883 g/mol. The van der Waals surface area contributed by atoms with E-state index < -0.39 is 0 Å². The van der Waals surface area contributed by atoms with E-state index in [1.807, 2.05) is 0 Å². The van der Waals surface area contributed by atoms with Crippen LogP contribution in [0.2, 0.25) is 0 Å². The molecule has 12 rings (SSSR count). The topological polar surface area (TPSA) is 8.17 Å². The normalized spacial score (nSPS) is 13.4. The molecule has 328 valence electrons. The van der Waals surface area contributed by atoms with Gasteiger partial charge in [0.05, 0.1) is 11.0 Å². The monoisotopic (exact) mass is 882 g/mol. The highest BCUT2D eigenvalue weighted by Gasteiger charge is 2.20. The van der Waals surface area contributed by atoms with Crippen LogP contribution in [0.1, 0.15) is 13.3 Å². The summed E-state index contributed by atoms with van der Waals surface area (Å²) >= 11 is 0. The van der Waals surface area contributed by atoms with E-state index >= 15 is 0 Å². The first kappa shape index (κ1) is 41.7. The average Bonchev–Trinajstić information content (AvgIpc) is 3.77. The Kier molecular flexibility index (Phi) is 11.0. The number of anilines is 3. The fourth-order valence-corrected chi connectivity index (χ4v) is 10.3. The molecule has 0 spiro atoms. The Morgan fingerprint density at radius 1 is 0.362 bits per heavy atom. The number of allylic oxidation sites excluding steroid dienone is 4. The molecule has 0 bridgehead atoms. The van der Waals surface area contributed by atoms with E-state index in [0.717, 1.165) is 29.0 Å². The van der Waals surface area contributed by atoms with E-state index in [2.05, 4.69) is 283 Å². The van der Waals surface area contributed by atoms with E-state index in [9.17, 15) is 0 Å². The molecule has 2 heteroatoms. The number of para-hydroxylation sites is 1. The van der Waals surface area contributed by atoms with Crippen LogP contribution in [0.4, 0.5) is 17.1 Å². The summed E-state index contributed by atoms with van der Waals surface area (Å²) in [5, 5.41) is 2.57. The van der Waals surface area contributed by atoms with Gasteiger partial charge in [0.15, 0.2) is 0 Å². The van der Waals surface area contributed by atoms with Crippen molar-refractivity contribution < 1.29 is 0 Å². The molecule has 0 saturated heterocycles. The van der Waals surface area contributed by atoms with Crippen molar-refractivity contribution in [2.75, 3.05) is 4.90 Å². The van der Waals surface area contributed by atoms with Crippen molar-refractivity contribution in [3.8, 4) is 66.8 Å². The summed E-state index contributed by atoms with van der Waals surface area (Å²) in [4.78, 5) is 2.38. The van der Waals surface area contributed by atoms with E-state index in [0.29, 0.717) is 5.92 Å². The predicted octanol–water partition coefficient (Wildman–Crippen LogP) is 18.7.